The number of aromatic carboxylic acids is 1. The molecule has 42 heavy (non-hydrogen) atoms. The van der Waals surface area contributed by atoms with E-state index in [0.29, 0.717) is 27.8 Å². The van der Waals surface area contributed by atoms with Crippen LogP contribution < -0.4 is 0 Å². The molecular weight excluding hydrogens is 549 g/mol. The number of hydrogen-bond donors (Lipinski definition) is 1. The van der Waals surface area contributed by atoms with Gasteiger partial charge in [0.15, 0.2) is 0 Å². The molecule has 2 heterocycles. The Kier molecular flexibility index (Phi) is 6.71. The molecular formula is C35H27ClFN3O2. The van der Waals surface area contributed by atoms with Crippen molar-refractivity contribution in [2.75, 3.05) is 0 Å². The number of nitrogens with zero attached hydrogens (tertiary/aromatic N) is 3. The van der Waals surface area contributed by atoms with E-state index < -0.39 is 5.97 Å². The van der Waals surface area contributed by atoms with Crippen LogP contribution in [0.3, 0.4) is 0 Å². The minimum Gasteiger partial charge on any atom is -0.478 e. The summed E-state index contributed by atoms with van der Waals surface area (Å²) in [4.78, 5) is 21.5. The molecule has 1 fully saturated rings. The molecule has 1 aliphatic rings. The van der Waals surface area contributed by atoms with Crippen LogP contribution in [0.25, 0.3) is 55.7 Å². The van der Waals surface area contributed by atoms with Crippen molar-refractivity contribution in [1.82, 2.24) is 14.5 Å². The summed E-state index contributed by atoms with van der Waals surface area (Å²) in [7, 11) is 0. The summed E-state index contributed by atoms with van der Waals surface area (Å²) >= 11 is 6.10. The normalized spacial score (nSPS) is 14.0. The van der Waals surface area contributed by atoms with Crippen molar-refractivity contribution in [3.8, 4) is 33.8 Å². The summed E-state index contributed by atoms with van der Waals surface area (Å²) < 4.78 is 16.7. The average Bonchev–Trinajstić information content (AvgIpc) is 3.40. The molecule has 0 bridgehead atoms. The second-order valence-electron chi connectivity index (χ2n) is 10.9. The van der Waals surface area contributed by atoms with Gasteiger partial charge in [0, 0.05) is 27.6 Å². The Labute approximate surface area is 247 Å². The van der Waals surface area contributed by atoms with E-state index in [1.54, 1.807) is 18.2 Å². The number of imidazole rings is 1. The Balaban J connectivity index is 1.33. The first kappa shape index (κ1) is 26.4. The van der Waals surface area contributed by atoms with Crippen molar-refractivity contribution in [2.24, 2.45) is 0 Å². The summed E-state index contributed by atoms with van der Waals surface area (Å²) in [6, 6.07) is 27.7. The Morgan fingerprint density at radius 3 is 2.36 bits per heavy atom. The second-order valence-corrected chi connectivity index (χ2v) is 11.3. The van der Waals surface area contributed by atoms with Gasteiger partial charge in [0.1, 0.15) is 11.6 Å². The van der Waals surface area contributed by atoms with Crippen LogP contribution in [-0.2, 0) is 0 Å². The van der Waals surface area contributed by atoms with Gasteiger partial charge in [-0.1, -0.05) is 55.1 Å². The van der Waals surface area contributed by atoms with Gasteiger partial charge in [-0.2, -0.15) is 0 Å². The van der Waals surface area contributed by atoms with Crippen molar-refractivity contribution in [3.63, 3.8) is 0 Å². The maximum absolute atomic E-state index is 14.4. The molecule has 1 N–H and O–H groups in total. The van der Waals surface area contributed by atoms with E-state index in [0.717, 1.165) is 51.8 Å². The largest absolute Gasteiger partial charge is 0.478 e. The summed E-state index contributed by atoms with van der Waals surface area (Å²) in [6.45, 7) is 0. The first-order valence-corrected chi connectivity index (χ1v) is 14.5. The number of rotatable bonds is 5. The molecule has 0 spiro atoms. The highest BCUT2D eigenvalue weighted by Crippen LogP contribution is 2.38. The highest BCUT2D eigenvalue weighted by molar-refractivity contribution is 6.30. The van der Waals surface area contributed by atoms with Crippen LogP contribution in [0.1, 0.15) is 48.5 Å². The lowest BCUT2D eigenvalue weighted by Gasteiger charge is -2.25. The summed E-state index contributed by atoms with van der Waals surface area (Å²) in [6.07, 6.45) is 5.71. The predicted molar refractivity (Wildman–Crippen MR) is 165 cm³/mol. The van der Waals surface area contributed by atoms with Gasteiger partial charge < -0.3 is 9.67 Å². The van der Waals surface area contributed by atoms with Gasteiger partial charge in [-0.05, 0) is 90.7 Å². The van der Waals surface area contributed by atoms with Gasteiger partial charge >= 0.3 is 5.97 Å². The van der Waals surface area contributed by atoms with Gasteiger partial charge in [-0.15, -0.1) is 0 Å². The lowest BCUT2D eigenvalue weighted by molar-refractivity contribution is 0.0697. The lowest BCUT2D eigenvalue weighted by atomic mass is 9.94. The van der Waals surface area contributed by atoms with Crippen LogP contribution in [0, 0.1) is 5.82 Å². The molecule has 1 aliphatic carbocycles. The zero-order valence-corrected chi connectivity index (χ0v) is 23.5. The molecule has 1 saturated carbocycles. The molecule has 0 radical (unpaired) electrons. The number of hydrogen-bond acceptors (Lipinski definition) is 3. The maximum atomic E-state index is 14.4. The molecule has 0 atom stereocenters. The third kappa shape index (κ3) is 4.82. The zero-order valence-electron chi connectivity index (χ0n) is 22.7. The van der Waals surface area contributed by atoms with Crippen LogP contribution in [0.15, 0.2) is 91.0 Å². The first-order valence-electron chi connectivity index (χ1n) is 14.2. The molecule has 0 unspecified atom stereocenters. The number of aromatic nitrogens is 3. The number of fused-ring (bicyclic) bond motifs is 2. The molecule has 4 aromatic carbocycles. The molecule has 2 aromatic heterocycles. The van der Waals surface area contributed by atoms with E-state index >= 15 is 0 Å². The lowest BCUT2D eigenvalue weighted by Crippen LogP contribution is -2.14. The molecule has 6 aromatic rings. The molecule has 7 heteroatoms. The number of halogens is 2. The fourth-order valence-electron chi connectivity index (χ4n) is 6.17. The molecule has 0 aliphatic heterocycles. The SMILES string of the molecule is O=C(O)c1ccc2c(c1)nc(-c1ccc3nc(-c4cc(F)ccc4-c4ccc(Cl)cc4)ccc3c1)n2C1CCCCC1. The van der Waals surface area contributed by atoms with Crippen LogP contribution in [0.2, 0.25) is 5.02 Å². The Morgan fingerprint density at radius 2 is 1.57 bits per heavy atom. The number of carboxylic acid groups (broad SMARTS) is 1. The van der Waals surface area contributed by atoms with E-state index in [1.807, 2.05) is 54.6 Å². The standard InChI is InChI=1S/C35H27ClFN3O2/c36-25-11-6-21(7-12-25)28-14-13-26(37)20-29(28)31-16-8-22-18-23(9-15-30(22)38-31)34-39-32-19-24(35(41)42)10-17-33(32)40(34)27-4-2-1-3-5-27/h6-20,27H,1-5H2,(H,41,42). The minimum absolute atomic E-state index is 0.230. The number of carboxylic acids is 1. The maximum Gasteiger partial charge on any atom is 0.335 e. The minimum atomic E-state index is -0.962. The van der Waals surface area contributed by atoms with Crippen LogP contribution in [-0.4, -0.2) is 25.6 Å². The van der Waals surface area contributed by atoms with Gasteiger partial charge in [-0.25, -0.2) is 19.2 Å². The van der Waals surface area contributed by atoms with Crippen molar-refractivity contribution < 1.29 is 14.3 Å². The van der Waals surface area contributed by atoms with E-state index in [1.165, 1.54) is 31.4 Å². The van der Waals surface area contributed by atoms with Gasteiger partial charge in [0.05, 0.1) is 27.8 Å². The topological polar surface area (TPSA) is 68.0 Å². The molecule has 208 valence electrons. The zero-order chi connectivity index (χ0) is 28.8. The van der Waals surface area contributed by atoms with Crippen LogP contribution >= 0.6 is 11.6 Å². The molecule has 7 rings (SSSR count). The first-order chi connectivity index (χ1) is 20.4. The van der Waals surface area contributed by atoms with Gasteiger partial charge in [0.25, 0.3) is 0 Å². The predicted octanol–water partition coefficient (Wildman–Crippen LogP) is 9.58. The average molecular weight is 576 g/mol. The van der Waals surface area contributed by atoms with Crippen LogP contribution in [0.4, 0.5) is 4.39 Å². The molecule has 5 nitrogen and oxygen atoms in total. The second kappa shape index (κ2) is 10.7. The number of benzene rings is 4. The quantitative estimate of drug-likeness (QED) is 0.222. The Bertz CT molecular complexity index is 1980. The van der Waals surface area contributed by atoms with Crippen LogP contribution in [0.5, 0.6) is 0 Å². The monoisotopic (exact) mass is 575 g/mol. The fraction of sp³-hybridized carbons (Fsp3) is 0.171. The van der Waals surface area contributed by atoms with E-state index in [9.17, 15) is 14.3 Å². The van der Waals surface area contributed by atoms with Crippen molar-refractivity contribution in [3.05, 3.63) is 107 Å². The van der Waals surface area contributed by atoms with E-state index in [-0.39, 0.29) is 11.4 Å². The highest BCUT2D eigenvalue weighted by Gasteiger charge is 2.23. The summed E-state index contributed by atoms with van der Waals surface area (Å²) in [5, 5.41) is 11.1. The fourth-order valence-corrected chi connectivity index (χ4v) is 6.29. The molecule has 0 amide bonds. The van der Waals surface area contributed by atoms with E-state index in [4.69, 9.17) is 21.6 Å². The summed E-state index contributed by atoms with van der Waals surface area (Å²) in [5.74, 6) is -0.455. The molecule has 0 saturated heterocycles. The van der Waals surface area contributed by atoms with Crippen molar-refractivity contribution in [2.45, 2.75) is 38.1 Å². The summed E-state index contributed by atoms with van der Waals surface area (Å²) in [5.41, 5.74) is 6.79. The third-order valence-electron chi connectivity index (χ3n) is 8.24. The smallest absolute Gasteiger partial charge is 0.335 e. The van der Waals surface area contributed by atoms with Gasteiger partial charge in [-0.3, -0.25) is 0 Å². The van der Waals surface area contributed by atoms with E-state index in [2.05, 4.69) is 10.6 Å². The van der Waals surface area contributed by atoms with Crippen molar-refractivity contribution in [1.29, 1.82) is 0 Å². The Hall–Kier alpha value is -4.55. The van der Waals surface area contributed by atoms with Gasteiger partial charge in [0.2, 0.25) is 0 Å². The van der Waals surface area contributed by atoms with Crippen molar-refractivity contribution >= 4 is 39.5 Å². The number of pyridine rings is 1. The highest BCUT2D eigenvalue weighted by atomic mass is 35.5. The Morgan fingerprint density at radius 1 is 0.786 bits per heavy atom. The number of carbonyl (C=O) groups is 1. The third-order valence-corrected chi connectivity index (χ3v) is 8.49.